The Kier molecular flexibility index (Phi) is 16.9. The van der Waals surface area contributed by atoms with Crippen LogP contribution in [-0.2, 0) is 75.0 Å². The van der Waals surface area contributed by atoms with Crippen molar-refractivity contribution in [2.24, 2.45) is 0 Å². The van der Waals surface area contributed by atoms with Crippen molar-refractivity contribution in [3.8, 4) is 0 Å². The Balaban J connectivity index is 0.000000569. The zero-order valence-corrected chi connectivity index (χ0v) is 37.1. The van der Waals surface area contributed by atoms with E-state index in [2.05, 4.69) is 14.5 Å². The summed E-state index contributed by atoms with van der Waals surface area (Å²) in [5, 5.41) is 0. The molecule has 0 saturated heterocycles. The van der Waals surface area contributed by atoms with Gasteiger partial charge in [0, 0.05) is 5.57 Å². The van der Waals surface area contributed by atoms with E-state index in [0.29, 0.717) is 12.1 Å². The molecular formula is C44H27BF24N2O4. The van der Waals surface area contributed by atoms with E-state index < -0.39 is 207 Å². The topological polar surface area (TPSA) is 69.4 Å². The molecule has 0 aliphatic rings. The van der Waals surface area contributed by atoms with Gasteiger partial charge in [-0.3, -0.25) is 4.98 Å². The normalized spacial score (nSPS) is 13.2. The summed E-state index contributed by atoms with van der Waals surface area (Å²) in [5.74, 6) is -1.40. The van der Waals surface area contributed by atoms with Gasteiger partial charge in [0.1, 0.15) is 11.7 Å². The number of rotatable bonds is 8. The number of allylic oxidation sites excluding steroid dienone is 1. The van der Waals surface area contributed by atoms with E-state index in [0.717, 1.165) is 0 Å². The number of aromatic nitrogens is 2. The number of hydrogen-bond donors (Lipinski definition) is 0. The Morgan fingerprint density at radius 1 is 0.400 bits per heavy atom. The van der Waals surface area contributed by atoms with Gasteiger partial charge in [-0.2, -0.15) is 132 Å². The van der Waals surface area contributed by atoms with Crippen molar-refractivity contribution >= 4 is 39.9 Å². The molecule has 6 nitrogen and oxygen atoms in total. The third-order valence-corrected chi connectivity index (χ3v) is 10.8. The van der Waals surface area contributed by atoms with E-state index in [9.17, 15) is 115 Å². The second-order valence-corrected chi connectivity index (χ2v) is 15.8. The first-order valence-electron chi connectivity index (χ1n) is 19.9. The van der Waals surface area contributed by atoms with E-state index in [1.54, 1.807) is 36.3 Å². The number of esters is 2. The Morgan fingerprint density at radius 3 is 0.773 bits per heavy atom. The van der Waals surface area contributed by atoms with Crippen LogP contribution in [0.15, 0.2) is 109 Å². The maximum absolute atomic E-state index is 14.2. The van der Waals surface area contributed by atoms with Gasteiger partial charge in [0.05, 0.1) is 71.1 Å². The van der Waals surface area contributed by atoms with Gasteiger partial charge in [-0.25, -0.2) is 9.59 Å². The Labute approximate surface area is 404 Å². The summed E-state index contributed by atoms with van der Waals surface area (Å²) < 4.78 is 352. The van der Waals surface area contributed by atoms with Crippen molar-refractivity contribution in [1.29, 1.82) is 0 Å². The molecular weight excluding hydrogens is 1090 g/mol. The van der Waals surface area contributed by atoms with Gasteiger partial charge in [0.15, 0.2) is 18.9 Å². The average Bonchev–Trinajstić information content (AvgIpc) is 3.27. The summed E-state index contributed by atoms with van der Waals surface area (Å²) in [6, 6.07) is -8.81. The molecule has 0 atom stereocenters. The minimum Gasteiger partial charge on any atom is -0.465 e. The number of alkyl halides is 24. The number of ether oxygens (including phenoxy) is 2. The third kappa shape index (κ3) is 14.2. The van der Waals surface area contributed by atoms with Crippen LogP contribution in [-0.4, -0.2) is 37.3 Å². The fourth-order valence-corrected chi connectivity index (χ4v) is 7.51. The molecule has 0 N–H and O–H groups in total. The largest absolute Gasteiger partial charge is 0.465 e. The van der Waals surface area contributed by atoms with Crippen molar-refractivity contribution < 1.29 is 129 Å². The van der Waals surface area contributed by atoms with Gasteiger partial charge in [-0.15, -0.1) is 0 Å². The van der Waals surface area contributed by atoms with Gasteiger partial charge in [-0.05, 0) is 31.2 Å². The van der Waals surface area contributed by atoms with Crippen LogP contribution in [0.1, 0.15) is 51.4 Å². The highest BCUT2D eigenvalue weighted by atomic mass is 19.4. The SMILES string of the molecule is COC(=O)C(C(=O)OC)=C(C)C[n+]1ccncc1.FC(F)(F)c1cc([B-](c2cc(C(F)(F)F)cc(C(F)(F)F)c2)(c2cc(C(F)(F)F)cc(C(F)(F)F)c2)c2cc(C(F)(F)F)cc(C(F)(F)F)c2)cc(C(F)(F)F)c1. The highest BCUT2D eigenvalue weighted by molar-refractivity contribution is 7.20. The number of hydrogen-bond acceptors (Lipinski definition) is 5. The van der Waals surface area contributed by atoms with Crippen LogP contribution in [0.2, 0.25) is 0 Å². The number of carbonyl (C=O) groups excluding carboxylic acids is 2. The lowest BCUT2D eigenvalue weighted by atomic mass is 9.12. The molecule has 0 bridgehead atoms. The summed E-state index contributed by atoms with van der Waals surface area (Å²) in [4.78, 5) is 27.0. The summed E-state index contributed by atoms with van der Waals surface area (Å²) in [5.41, 5.74) is -29.7. The van der Waals surface area contributed by atoms with Gasteiger partial charge in [0.2, 0.25) is 0 Å². The molecule has 0 radical (unpaired) electrons. The second-order valence-electron chi connectivity index (χ2n) is 15.8. The summed E-state index contributed by atoms with van der Waals surface area (Å²) in [6.45, 7) is 2.05. The van der Waals surface area contributed by atoms with Gasteiger partial charge in [-0.1, -0.05) is 48.5 Å². The lowest BCUT2D eigenvalue weighted by Crippen LogP contribution is -2.75. The summed E-state index contributed by atoms with van der Waals surface area (Å²) in [7, 11) is 2.44. The molecule has 0 aliphatic heterocycles. The van der Waals surface area contributed by atoms with E-state index in [4.69, 9.17) is 0 Å². The zero-order valence-electron chi connectivity index (χ0n) is 37.1. The Morgan fingerprint density at radius 2 is 0.600 bits per heavy atom. The van der Waals surface area contributed by atoms with Crippen LogP contribution >= 0.6 is 0 Å². The number of nitrogens with zero attached hydrogens (tertiary/aromatic N) is 2. The van der Waals surface area contributed by atoms with Crippen LogP contribution in [0, 0.1) is 0 Å². The molecule has 0 unspecified atom stereocenters. The molecule has 31 heteroatoms. The first-order valence-corrected chi connectivity index (χ1v) is 19.9. The standard InChI is InChI=1S/C32H12BF24.C12H15N2O4/c34-25(35,36)13-1-14(26(37,38)39)6-21(5-13)33(22-7-15(27(40,41)42)2-16(8-22)28(43,44)45,23-9-17(29(46,47)48)3-18(10-23)30(49,50)51)24-11-19(31(52,53)54)4-20(12-24)32(55,56)57;1-9(8-14-6-4-13-5-7-14)10(11(15)17-2)12(16)18-3/h1-12H;4-7H,8H2,1-3H3/q-1;+1. The van der Waals surface area contributed by atoms with E-state index in [-0.39, 0.29) is 5.57 Å². The third-order valence-electron chi connectivity index (χ3n) is 10.8. The maximum Gasteiger partial charge on any atom is 0.416 e. The smallest absolute Gasteiger partial charge is 0.416 e. The number of halogens is 24. The Hall–Kier alpha value is -6.98. The van der Waals surface area contributed by atoms with Crippen molar-refractivity contribution in [3.05, 3.63) is 153 Å². The average molecular weight is 1110 g/mol. The molecule has 1 heterocycles. The molecule has 0 saturated carbocycles. The van der Waals surface area contributed by atoms with Crippen molar-refractivity contribution in [1.82, 2.24) is 4.98 Å². The fraction of sp³-hybridized carbons (Fsp3) is 0.273. The molecule has 5 rings (SSSR count). The number of carbonyl (C=O) groups is 2. The highest BCUT2D eigenvalue weighted by Gasteiger charge is 2.47. The monoisotopic (exact) mass is 1110 g/mol. The molecule has 0 aliphatic carbocycles. The lowest BCUT2D eigenvalue weighted by Gasteiger charge is -2.46. The van der Waals surface area contributed by atoms with Crippen molar-refractivity contribution in [2.75, 3.05) is 14.2 Å². The quantitative estimate of drug-likeness (QED) is 0.0295. The molecule has 0 amide bonds. The molecule has 4 aromatic carbocycles. The van der Waals surface area contributed by atoms with Crippen LogP contribution in [0.25, 0.3) is 0 Å². The van der Waals surface area contributed by atoms with Gasteiger partial charge < -0.3 is 9.47 Å². The number of methoxy groups -OCH3 is 2. The Bertz CT molecular complexity index is 2470. The van der Waals surface area contributed by atoms with E-state index in [1.165, 1.54) is 14.2 Å². The predicted molar refractivity (Wildman–Crippen MR) is 211 cm³/mol. The second kappa shape index (κ2) is 21.0. The lowest BCUT2D eigenvalue weighted by molar-refractivity contribution is -0.689. The van der Waals surface area contributed by atoms with Crippen LogP contribution in [0.5, 0.6) is 0 Å². The molecule has 1 aromatic heterocycles. The first kappa shape index (κ1) is 60.6. The molecule has 75 heavy (non-hydrogen) atoms. The first-order chi connectivity index (χ1) is 33.9. The van der Waals surface area contributed by atoms with Gasteiger partial charge >= 0.3 is 61.3 Å². The molecule has 408 valence electrons. The van der Waals surface area contributed by atoms with Gasteiger partial charge in [0.25, 0.3) is 0 Å². The fourth-order valence-electron chi connectivity index (χ4n) is 7.51. The van der Waals surface area contributed by atoms with E-state index >= 15 is 0 Å². The van der Waals surface area contributed by atoms with Crippen LogP contribution in [0.3, 0.4) is 0 Å². The zero-order chi connectivity index (χ0) is 57.5. The maximum atomic E-state index is 14.2. The minimum atomic E-state index is -6.13. The molecule has 0 spiro atoms. The minimum absolute atomic E-state index is 0.0793. The highest BCUT2D eigenvalue weighted by Crippen LogP contribution is 2.41. The molecule has 5 aromatic rings. The van der Waals surface area contributed by atoms with Crippen molar-refractivity contribution in [3.63, 3.8) is 0 Å². The van der Waals surface area contributed by atoms with Crippen molar-refractivity contribution in [2.45, 2.75) is 62.9 Å². The predicted octanol–water partition coefficient (Wildman–Crippen LogP) is 11.2. The summed E-state index contributed by atoms with van der Waals surface area (Å²) in [6.07, 6.45) is -48.1. The van der Waals surface area contributed by atoms with Crippen LogP contribution in [0.4, 0.5) is 105 Å². The number of benzene rings is 4. The molecule has 0 fully saturated rings. The summed E-state index contributed by atoms with van der Waals surface area (Å²) >= 11 is 0. The van der Waals surface area contributed by atoms with Crippen LogP contribution < -0.4 is 26.4 Å². The van der Waals surface area contributed by atoms with E-state index in [1.807, 2.05) is 0 Å².